The topological polar surface area (TPSA) is 20.2 Å². The van der Waals surface area contributed by atoms with Crippen LogP contribution in [0.25, 0.3) is 0 Å². The first-order chi connectivity index (χ1) is 9.06. The molecule has 0 fully saturated rings. The summed E-state index contributed by atoms with van der Waals surface area (Å²) < 4.78 is 14.4. The molecular formula is C15H13BrClFO. The lowest BCUT2D eigenvalue weighted by atomic mass is 10.0. The van der Waals surface area contributed by atoms with E-state index in [0.717, 1.165) is 10.0 Å². The number of aliphatic hydroxyl groups excluding tert-OH is 1. The second-order valence-corrected chi connectivity index (χ2v) is 5.71. The van der Waals surface area contributed by atoms with Crippen molar-refractivity contribution < 1.29 is 9.50 Å². The molecule has 1 N–H and O–H groups in total. The van der Waals surface area contributed by atoms with E-state index in [9.17, 15) is 9.50 Å². The van der Waals surface area contributed by atoms with Crippen molar-refractivity contribution in [3.05, 3.63) is 68.9 Å². The maximum absolute atomic E-state index is 13.5. The Morgan fingerprint density at radius 3 is 2.47 bits per heavy atom. The molecule has 1 atom stereocenters. The van der Waals surface area contributed by atoms with Gasteiger partial charge in [-0.05, 0) is 29.3 Å². The molecule has 2 aromatic carbocycles. The SMILES string of the molecule is OC(Cc1ccccc1F)Cc1ccc(Br)cc1Cl. The molecule has 0 aromatic heterocycles. The minimum absolute atomic E-state index is 0.277. The molecule has 4 heteroatoms. The number of aliphatic hydroxyl groups is 1. The van der Waals surface area contributed by atoms with Gasteiger partial charge in [-0.15, -0.1) is 0 Å². The molecule has 1 nitrogen and oxygen atoms in total. The molecule has 0 saturated heterocycles. The van der Waals surface area contributed by atoms with Crippen molar-refractivity contribution in [2.45, 2.75) is 18.9 Å². The highest BCUT2D eigenvalue weighted by Gasteiger charge is 2.12. The molecule has 0 bridgehead atoms. The quantitative estimate of drug-likeness (QED) is 0.873. The molecule has 0 aliphatic rings. The molecule has 0 aliphatic carbocycles. The van der Waals surface area contributed by atoms with E-state index in [2.05, 4.69) is 15.9 Å². The standard InChI is InChI=1S/C15H13BrClFO/c16-12-6-5-10(14(17)9-12)7-13(19)8-11-3-1-2-4-15(11)18/h1-6,9,13,19H,7-8H2. The Morgan fingerprint density at radius 1 is 1.11 bits per heavy atom. The summed E-state index contributed by atoms with van der Waals surface area (Å²) in [5.41, 5.74) is 1.37. The van der Waals surface area contributed by atoms with Crippen LogP contribution in [-0.4, -0.2) is 11.2 Å². The number of halogens is 3. The van der Waals surface area contributed by atoms with Crippen LogP contribution in [0.4, 0.5) is 4.39 Å². The largest absolute Gasteiger partial charge is 0.392 e. The van der Waals surface area contributed by atoms with Gasteiger partial charge in [-0.1, -0.05) is 51.8 Å². The second-order valence-electron chi connectivity index (χ2n) is 4.39. The monoisotopic (exact) mass is 342 g/mol. The predicted octanol–water partition coefficient (Wildman–Crippen LogP) is 4.39. The zero-order valence-electron chi connectivity index (χ0n) is 10.1. The summed E-state index contributed by atoms with van der Waals surface area (Å²) in [6.45, 7) is 0. The van der Waals surface area contributed by atoms with Crippen LogP contribution in [0.1, 0.15) is 11.1 Å². The number of benzene rings is 2. The molecular weight excluding hydrogens is 331 g/mol. The van der Waals surface area contributed by atoms with Crippen molar-refractivity contribution in [3.63, 3.8) is 0 Å². The summed E-state index contributed by atoms with van der Waals surface area (Å²) in [5, 5.41) is 10.6. The van der Waals surface area contributed by atoms with Crippen molar-refractivity contribution in [1.29, 1.82) is 0 Å². The molecule has 0 amide bonds. The third-order valence-corrected chi connectivity index (χ3v) is 3.73. The molecule has 100 valence electrons. The van der Waals surface area contributed by atoms with E-state index in [0.29, 0.717) is 17.0 Å². The Kier molecular flexibility index (Phi) is 4.97. The fraction of sp³-hybridized carbons (Fsp3) is 0.200. The molecule has 0 spiro atoms. The van der Waals surface area contributed by atoms with Gasteiger partial charge in [-0.3, -0.25) is 0 Å². The first-order valence-electron chi connectivity index (χ1n) is 5.91. The average molecular weight is 344 g/mol. The first-order valence-corrected chi connectivity index (χ1v) is 7.09. The maximum atomic E-state index is 13.5. The Balaban J connectivity index is 2.05. The Bertz CT molecular complexity index is 574. The number of hydrogen-bond donors (Lipinski definition) is 1. The van der Waals surface area contributed by atoms with Gasteiger partial charge in [0.2, 0.25) is 0 Å². The molecule has 19 heavy (non-hydrogen) atoms. The number of rotatable bonds is 4. The van der Waals surface area contributed by atoms with Crippen LogP contribution < -0.4 is 0 Å². The summed E-state index contributed by atoms with van der Waals surface area (Å²) in [6, 6.07) is 12.0. The predicted molar refractivity (Wildman–Crippen MR) is 79.0 cm³/mol. The van der Waals surface area contributed by atoms with Crippen LogP contribution >= 0.6 is 27.5 Å². The molecule has 2 aromatic rings. The van der Waals surface area contributed by atoms with Crippen LogP contribution in [0, 0.1) is 5.82 Å². The zero-order chi connectivity index (χ0) is 13.8. The lowest BCUT2D eigenvalue weighted by Gasteiger charge is -2.12. The highest BCUT2D eigenvalue weighted by atomic mass is 79.9. The average Bonchev–Trinajstić information content (AvgIpc) is 2.36. The van der Waals surface area contributed by atoms with Crippen LogP contribution in [0.5, 0.6) is 0 Å². The minimum atomic E-state index is -0.657. The summed E-state index contributed by atoms with van der Waals surface area (Å²) in [6.07, 6.45) is 0.0232. The van der Waals surface area contributed by atoms with Crippen LogP contribution in [0.3, 0.4) is 0 Å². The summed E-state index contributed by atoms with van der Waals surface area (Å²) >= 11 is 9.42. The zero-order valence-corrected chi connectivity index (χ0v) is 12.5. The lowest BCUT2D eigenvalue weighted by molar-refractivity contribution is 0.174. The fourth-order valence-electron chi connectivity index (χ4n) is 1.93. The van der Waals surface area contributed by atoms with Crippen LogP contribution in [0.15, 0.2) is 46.9 Å². The van der Waals surface area contributed by atoms with Crippen LogP contribution in [0.2, 0.25) is 5.02 Å². The van der Waals surface area contributed by atoms with Gasteiger partial charge >= 0.3 is 0 Å². The van der Waals surface area contributed by atoms with Crippen molar-refractivity contribution in [3.8, 4) is 0 Å². The molecule has 2 rings (SSSR count). The van der Waals surface area contributed by atoms with Crippen molar-refractivity contribution in [1.82, 2.24) is 0 Å². The normalized spacial score (nSPS) is 12.4. The lowest BCUT2D eigenvalue weighted by Crippen LogP contribution is -2.15. The molecule has 0 saturated carbocycles. The highest BCUT2D eigenvalue weighted by Crippen LogP contribution is 2.23. The van der Waals surface area contributed by atoms with Gasteiger partial charge in [0.15, 0.2) is 0 Å². The Labute approximate surface area is 125 Å². The first kappa shape index (κ1) is 14.5. The van der Waals surface area contributed by atoms with Gasteiger partial charge in [0, 0.05) is 22.3 Å². The highest BCUT2D eigenvalue weighted by molar-refractivity contribution is 9.10. The van der Waals surface area contributed by atoms with E-state index >= 15 is 0 Å². The van der Waals surface area contributed by atoms with E-state index in [4.69, 9.17) is 11.6 Å². The van der Waals surface area contributed by atoms with E-state index in [1.54, 1.807) is 24.3 Å². The van der Waals surface area contributed by atoms with Crippen LogP contribution in [-0.2, 0) is 12.8 Å². The van der Waals surface area contributed by atoms with E-state index in [1.165, 1.54) is 6.07 Å². The van der Waals surface area contributed by atoms with Gasteiger partial charge in [0.1, 0.15) is 5.82 Å². The van der Waals surface area contributed by atoms with Gasteiger partial charge in [0.25, 0.3) is 0 Å². The van der Waals surface area contributed by atoms with Gasteiger partial charge in [0.05, 0.1) is 6.10 Å². The summed E-state index contributed by atoms with van der Waals surface area (Å²) in [4.78, 5) is 0. The summed E-state index contributed by atoms with van der Waals surface area (Å²) in [7, 11) is 0. The van der Waals surface area contributed by atoms with Gasteiger partial charge in [-0.25, -0.2) is 4.39 Å². The van der Waals surface area contributed by atoms with E-state index in [-0.39, 0.29) is 12.2 Å². The third kappa shape index (κ3) is 4.03. The van der Waals surface area contributed by atoms with E-state index in [1.807, 2.05) is 12.1 Å². The van der Waals surface area contributed by atoms with Crippen molar-refractivity contribution in [2.75, 3.05) is 0 Å². The molecule has 1 unspecified atom stereocenters. The second kappa shape index (κ2) is 6.51. The number of hydrogen-bond acceptors (Lipinski definition) is 1. The molecule has 0 radical (unpaired) electrons. The summed E-state index contributed by atoms with van der Waals surface area (Å²) in [5.74, 6) is -0.288. The molecule has 0 heterocycles. The van der Waals surface area contributed by atoms with E-state index < -0.39 is 6.10 Å². The Morgan fingerprint density at radius 2 is 1.79 bits per heavy atom. The smallest absolute Gasteiger partial charge is 0.126 e. The van der Waals surface area contributed by atoms with Gasteiger partial charge in [-0.2, -0.15) is 0 Å². The maximum Gasteiger partial charge on any atom is 0.126 e. The van der Waals surface area contributed by atoms with Crippen molar-refractivity contribution >= 4 is 27.5 Å². The minimum Gasteiger partial charge on any atom is -0.392 e. The Hall–Kier alpha value is -0.900. The fourth-order valence-corrected chi connectivity index (χ4v) is 2.68. The van der Waals surface area contributed by atoms with Gasteiger partial charge < -0.3 is 5.11 Å². The molecule has 0 aliphatic heterocycles. The van der Waals surface area contributed by atoms with Crippen molar-refractivity contribution in [2.24, 2.45) is 0 Å². The third-order valence-electron chi connectivity index (χ3n) is 2.88.